The third-order valence-corrected chi connectivity index (χ3v) is 2.35. The van der Waals surface area contributed by atoms with Crippen LogP contribution in [0.1, 0.15) is 6.92 Å². The number of aromatic nitrogens is 4. The topological polar surface area (TPSA) is 49.4 Å². The molecule has 2 aromatic rings. The zero-order valence-electron chi connectivity index (χ0n) is 7.00. The summed E-state index contributed by atoms with van der Waals surface area (Å²) >= 11 is 10.1. The van der Waals surface area contributed by atoms with Crippen LogP contribution in [0.2, 0.25) is 0 Å². The van der Waals surface area contributed by atoms with Crippen molar-refractivity contribution in [1.29, 1.82) is 0 Å². The van der Waals surface area contributed by atoms with Crippen molar-refractivity contribution in [1.82, 2.24) is 19.5 Å². The van der Waals surface area contributed by atoms with Crippen LogP contribution in [-0.2, 0) is 6.54 Å². The minimum atomic E-state index is 0.535. The highest BCUT2D eigenvalue weighted by Gasteiger charge is 2.02. The van der Waals surface area contributed by atoms with Crippen LogP contribution in [0.3, 0.4) is 0 Å². The number of hydrogen-bond acceptors (Lipinski definition) is 3. The quantitative estimate of drug-likeness (QED) is 0.712. The monoisotopic (exact) mass is 212 g/mol. The van der Waals surface area contributed by atoms with Crippen molar-refractivity contribution in [2.75, 3.05) is 0 Å². The zero-order chi connectivity index (χ0) is 9.42. The molecule has 2 aromatic heterocycles. The lowest BCUT2D eigenvalue weighted by atomic mass is 10.5. The Bertz CT molecular complexity index is 547. The summed E-state index contributed by atoms with van der Waals surface area (Å²) in [5, 5.41) is 0. The molecule has 0 spiro atoms. The summed E-state index contributed by atoms with van der Waals surface area (Å²) in [6, 6.07) is 0. The van der Waals surface area contributed by atoms with Crippen LogP contribution in [0.15, 0.2) is 6.33 Å². The van der Waals surface area contributed by atoms with Crippen molar-refractivity contribution in [2.45, 2.75) is 13.5 Å². The number of hydrogen-bond donors (Lipinski definition) is 2. The molecule has 6 heteroatoms. The Morgan fingerprint density at radius 2 is 2.23 bits per heavy atom. The van der Waals surface area contributed by atoms with Gasteiger partial charge in [-0.1, -0.05) is 12.2 Å². The van der Waals surface area contributed by atoms with Crippen molar-refractivity contribution in [3.63, 3.8) is 0 Å². The smallest absolute Gasteiger partial charge is 0.177 e. The fourth-order valence-corrected chi connectivity index (χ4v) is 1.74. The first kappa shape index (κ1) is 8.58. The first-order chi connectivity index (χ1) is 6.22. The molecule has 0 saturated carbocycles. The summed E-state index contributed by atoms with van der Waals surface area (Å²) < 4.78 is 3.09. The molecule has 0 amide bonds. The molecular formula is C7H8N4S2. The van der Waals surface area contributed by atoms with Gasteiger partial charge in [-0.3, -0.25) is 0 Å². The summed E-state index contributed by atoms with van der Waals surface area (Å²) in [5.74, 6) is 0. The lowest BCUT2D eigenvalue weighted by Gasteiger charge is -1.97. The lowest BCUT2D eigenvalue weighted by Crippen LogP contribution is -1.94. The highest BCUT2D eigenvalue weighted by atomic mass is 32.1. The molecule has 0 radical (unpaired) electrons. The Labute approximate surface area is 84.6 Å². The number of nitrogens with one attached hydrogen (secondary N) is 2. The van der Waals surface area contributed by atoms with Crippen LogP contribution >= 0.6 is 24.4 Å². The second-order valence-electron chi connectivity index (χ2n) is 2.64. The van der Waals surface area contributed by atoms with E-state index in [1.54, 1.807) is 6.33 Å². The van der Waals surface area contributed by atoms with Gasteiger partial charge in [0, 0.05) is 6.54 Å². The van der Waals surface area contributed by atoms with E-state index in [-0.39, 0.29) is 0 Å². The molecule has 0 fully saturated rings. The molecule has 13 heavy (non-hydrogen) atoms. The van der Waals surface area contributed by atoms with Gasteiger partial charge in [0.25, 0.3) is 0 Å². The molecule has 2 N–H and O–H groups in total. The maximum atomic E-state index is 5.08. The molecule has 0 aliphatic carbocycles. The Morgan fingerprint density at radius 1 is 1.46 bits per heavy atom. The molecular weight excluding hydrogens is 204 g/mol. The number of fused-ring (bicyclic) bond motifs is 1. The van der Waals surface area contributed by atoms with E-state index in [4.69, 9.17) is 24.4 Å². The first-order valence-corrected chi connectivity index (χ1v) is 4.71. The minimum Gasteiger partial charge on any atom is -0.322 e. The molecule has 68 valence electrons. The van der Waals surface area contributed by atoms with Crippen molar-refractivity contribution >= 4 is 35.6 Å². The number of imidazole rings is 1. The fourth-order valence-electron chi connectivity index (χ4n) is 1.22. The van der Waals surface area contributed by atoms with Gasteiger partial charge in [0.05, 0.1) is 6.33 Å². The fraction of sp³-hybridized carbons (Fsp3) is 0.286. The Hall–Kier alpha value is -1.01. The van der Waals surface area contributed by atoms with Crippen LogP contribution < -0.4 is 0 Å². The van der Waals surface area contributed by atoms with Crippen LogP contribution in [0.5, 0.6) is 0 Å². The van der Waals surface area contributed by atoms with Gasteiger partial charge in [-0.05, 0) is 19.1 Å². The van der Waals surface area contributed by atoms with E-state index in [2.05, 4.69) is 15.0 Å². The predicted octanol–water partition coefficient (Wildman–Crippen LogP) is 2.17. The summed E-state index contributed by atoms with van der Waals surface area (Å²) in [5.41, 5.74) is 1.65. The summed E-state index contributed by atoms with van der Waals surface area (Å²) in [7, 11) is 0. The summed E-state index contributed by atoms with van der Waals surface area (Å²) in [6.45, 7) is 2.89. The average Bonchev–Trinajstić information content (AvgIpc) is 2.47. The third-order valence-electron chi connectivity index (χ3n) is 1.85. The van der Waals surface area contributed by atoms with Crippen LogP contribution in [0.25, 0.3) is 11.2 Å². The van der Waals surface area contributed by atoms with Crippen LogP contribution in [-0.4, -0.2) is 19.5 Å². The van der Waals surface area contributed by atoms with E-state index in [9.17, 15) is 0 Å². The highest BCUT2D eigenvalue weighted by molar-refractivity contribution is 7.72. The summed E-state index contributed by atoms with van der Waals surface area (Å²) in [4.78, 5) is 10.1. The van der Waals surface area contributed by atoms with Gasteiger partial charge in [0.2, 0.25) is 0 Å². The van der Waals surface area contributed by atoms with Gasteiger partial charge in [0.1, 0.15) is 15.8 Å². The Kier molecular flexibility index (Phi) is 2.01. The normalized spacial score (nSPS) is 10.8. The van der Waals surface area contributed by atoms with Gasteiger partial charge in [-0.25, -0.2) is 4.98 Å². The molecule has 2 rings (SSSR count). The second kappa shape index (κ2) is 3.04. The Balaban J connectivity index is 2.98. The summed E-state index contributed by atoms with van der Waals surface area (Å²) in [6.07, 6.45) is 1.75. The van der Waals surface area contributed by atoms with Gasteiger partial charge >= 0.3 is 0 Å². The molecule has 0 atom stereocenters. The van der Waals surface area contributed by atoms with E-state index in [0.29, 0.717) is 9.41 Å². The van der Waals surface area contributed by atoms with Crippen molar-refractivity contribution < 1.29 is 0 Å². The number of aryl methyl sites for hydroxylation is 1. The number of H-pyrrole nitrogens is 2. The third kappa shape index (κ3) is 1.31. The van der Waals surface area contributed by atoms with Crippen molar-refractivity contribution in [3.8, 4) is 0 Å². The van der Waals surface area contributed by atoms with Gasteiger partial charge in [-0.2, -0.15) is 0 Å². The van der Waals surface area contributed by atoms with E-state index in [1.165, 1.54) is 0 Å². The SMILES string of the molecule is CCn1cnc2c(=S)[nH]c(=S)[nH]c21. The van der Waals surface area contributed by atoms with E-state index in [1.807, 2.05) is 11.5 Å². The van der Waals surface area contributed by atoms with Gasteiger partial charge in [0.15, 0.2) is 4.77 Å². The first-order valence-electron chi connectivity index (χ1n) is 3.90. The molecule has 0 aliphatic rings. The van der Waals surface area contributed by atoms with Crippen LogP contribution in [0.4, 0.5) is 0 Å². The van der Waals surface area contributed by atoms with Crippen LogP contribution in [0, 0.1) is 9.41 Å². The molecule has 0 unspecified atom stereocenters. The van der Waals surface area contributed by atoms with Gasteiger partial charge < -0.3 is 14.5 Å². The molecule has 0 saturated heterocycles. The maximum Gasteiger partial charge on any atom is 0.177 e. The molecule has 2 heterocycles. The zero-order valence-corrected chi connectivity index (χ0v) is 8.63. The molecule has 0 aliphatic heterocycles. The largest absolute Gasteiger partial charge is 0.322 e. The lowest BCUT2D eigenvalue weighted by molar-refractivity contribution is 0.776. The average molecular weight is 212 g/mol. The highest BCUT2D eigenvalue weighted by Crippen LogP contribution is 2.09. The molecule has 0 aromatic carbocycles. The maximum absolute atomic E-state index is 5.08. The molecule has 4 nitrogen and oxygen atoms in total. The number of nitrogens with zero attached hydrogens (tertiary/aromatic N) is 2. The number of aromatic amines is 2. The number of rotatable bonds is 1. The van der Waals surface area contributed by atoms with Crippen molar-refractivity contribution in [3.05, 3.63) is 15.7 Å². The van der Waals surface area contributed by atoms with E-state index >= 15 is 0 Å². The van der Waals surface area contributed by atoms with E-state index < -0.39 is 0 Å². The minimum absolute atomic E-state index is 0.535. The van der Waals surface area contributed by atoms with Gasteiger partial charge in [-0.15, -0.1) is 0 Å². The standard InChI is InChI=1S/C7H8N4S2/c1-2-11-3-8-4-5(11)9-7(13)10-6(4)12/h3H,2H2,1H3,(H2,9,10,12,13). The van der Waals surface area contributed by atoms with Crippen molar-refractivity contribution in [2.24, 2.45) is 0 Å². The Morgan fingerprint density at radius 3 is 2.92 bits per heavy atom. The predicted molar refractivity (Wildman–Crippen MR) is 55.8 cm³/mol. The van der Waals surface area contributed by atoms with E-state index in [0.717, 1.165) is 17.7 Å². The molecule has 0 bridgehead atoms. The second-order valence-corrected chi connectivity index (χ2v) is 3.45.